The molecule has 4 aromatic rings. The summed E-state index contributed by atoms with van der Waals surface area (Å²) in [4.78, 5) is 0. The number of hydrogen-bond donors (Lipinski definition) is 1. The Hall–Kier alpha value is -3.13. The van der Waals surface area contributed by atoms with Crippen LogP contribution in [0.3, 0.4) is 0 Å². The van der Waals surface area contributed by atoms with Gasteiger partial charge in [0.05, 0.1) is 5.39 Å². The van der Waals surface area contributed by atoms with Gasteiger partial charge < -0.3 is 5.11 Å². The standard InChI is InChI=1S/C22H17NO/c24-20-12-10-19(11-13-20)22-21-9-5-4-8-18(21)14-15-23(22)16-17-6-2-1-3-7-17/h1-15H,16H2/p+1. The number of hydrogen-bond acceptors (Lipinski definition) is 1. The van der Waals surface area contributed by atoms with Gasteiger partial charge in [-0.3, -0.25) is 0 Å². The highest BCUT2D eigenvalue weighted by atomic mass is 16.3. The summed E-state index contributed by atoms with van der Waals surface area (Å²) >= 11 is 0. The first-order valence-corrected chi connectivity index (χ1v) is 8.06. The van der Waals surface area contributed by atoms with Crippen molar-refractivity contribution in [2.24, 2.45) is 0 Å². The summed E-state index contributed by atoms with van der Waals surface area (Å²) in [6, 6.07) is 28.4. The number of phenolic OH excluding ortho intramolecular Hbond substituents is 1. The molecule has 1 aromatic heterocycles. The highest BCUT2D eigenvalue weighted by molar-refractivity contribution is 5.92. The lowest BCUT2D eigenvalue weighted by atomic mass is 10.0. The summed E-state index contributed by atoms with van der Waals surface area (Å²) in [6.07, 6.45) is 2.14. The fraction of sp³-hybridized carbons (Fsp3) is 0.0455. The van der Waals surface area contributed by atoms with Gasteiger partial charge in [0.1, 0.15) is 5.75 Å². The van der Waals surface area contributed by atoms with Gasteiger partial charge in [-0.25, -0.2) is 0 Å². The van der Waals surface area contributed by atoms with Crippen LogP contribution in [0, 0.1) is 0 Å². The van der Waals surface area contributed by atoms with Crippen molar-refractivity contribution in [1.29, 1.82) is 0 Å². The molecule has 0 amide bonds. The maximum atomic E-state index is 9.61. The van der Waals surface area contributed by atoms with Crippen molar-refractivity contribution < 1.29 is 9.67 Å². The first-order chi connectivity index (χ1) is 11.8. The minimum Gasteiger partial charge on any atom is -0.508 e. The number of aromatic hydroxyl groups is 1. The zero-order valence-electron chi connectivity index (χ0n) is 13.3. The second-order valence-corrected chi connectivity index (χ2v) is 5.91. The van der Waals surface area contributed by atoms with E-state index in [9.17, 15) is 5.11 Å². The summed E-state index contributed by atoms with van der Waals surface area (Å²) in [7, 11) is 0. The summed E-state index contributed by atoms with van der Waals surface area (Å²) in [6.45, 7) is 0.807. The van der Waals surface area contributed by atoms with Crippen LogP contribution in [0.1, 0.15) is 5.56 Å². The van der Waals surface area contributed by atoms with E-state index in [2.05, 4.69) is 65.4 Å². The van der Waals surface area contributed by atoms with E-state index in [1.165, 1.54) is 16.3 Å². The van der Waals surface area contributed by atoms with Crippen LogP contribution in [0.15, 0.2) is 91.1 Å². The summed E-state index contributed by atoms with van der Waals surface area (Å²) < 4.78 is 2.27. The van der Waals surface area contributed by atoms with Gasteiger partial charge in [-0.05, 0) is 35.7 Å². The molecule has 0 aliphatic rings. The number of phenols is 1. The third-order valence-corrected chi connectivity index (χ3v) is 4.27. The van der Waals surface area contributed by atoms with Crippen LogP contribution in [0.25, 0.3) is 22.0 Å². The largest absolute Gasteiger partial charge is 0.508 e. The van der Waals surface area contributed by atoms with E-state index in [0.29, 0.717) is 0 Å². The maximum absolute atomic E-state index is 9.61. The Bertz CT molecular complexity index is 976. The fourth-order valence-corrected chi connectivity index (χ4v) is 3.11. The smallest absolute Gasteiger partial charge is 0.220 e. The van der Waals surface area contributed by atoms with Crippen molar-refractivity contribution >= 4 is 10.8 Å². The Morgan fingerprint density at radius 3 is 2.21 bits per heavy atom. The number of nitrogens with zero attached hydrogens (tertiary/aromatic N) is 1. The number of benzene rings is 3. The van der Waals surface area contributed by atoms with Gasteiger partial charge in [0.25, 0.3) is 0 Å². The average Bonchev–Trinajstić information content (AvgIpc) is 2.63. The van der Waals surface area contributed by atoms with Crippen LogP contribution in [0.5, 0.6) is 5.75 Å². The number of aromatic nitrogens is 1. The van der Waals surface area contributed by atoms with Crippen molar-refractivity contribution in [1.82, 2.24) is 0 Å². The lowest BCUT2D eigenvalue weighted by Gasteiger charge is -2.08. The molecule has 0 aliphatic carbocycles. The van der Waals surface area contributed by atoms with Crippen molar-refractivity contribution in [3.63, 3.8) is 0 Å². The molecular formula is C22H18NO+. The van der Waals surface area contributed by atoms with Gasteiger partial charge in [-0.2, -0.15) is 4.57 Å². The van der Waals surface area contributed by atoms with Crippen molar-refractivity contribution in [2.75, 3.05) is 0 Å². The van der Waals surface area contributed by atoms with Crippen LogP contribution in [-0.4, -0.2) is 5.11 Å². The molecule has 3 aromatic carbocycles. The highest BCUT2D eigenvalue weighted by Crippen LogP contribution is 2.26. The number of fused-ring (bicyclic) bond motifs is 1. The second kappa shape index (κ2) is 6.17. The monoisotopic (exact) mass is 312 g/mol. The minimum atomic E-state index is 0.286. The Morgan fingerprint density at radius 1 is 0.708 bits per heavy atom. The van der Waals surface area contributed by atoms with Gasteiger partial charge in [-0.15, -0.1) is 0 Å². The summed E-state index contributed by atoms with van der Waals surface area (Å²) in [5.74, 6) is 0.286. The van der Waals surface area contributed by atoms with Crippen LogP contribution < -0.4 is 4.57 Å². The molecule has 116 valence electrons. The van der Waals surface area contributed by atoms with E-state index in [1.807, 2.05) is 18.2 Å². The molecule has 24 heavy (non-hydrogen) atoms. The van der Waals surface area contributed by atoms with Crippen LogP contribution >= 0.6 is 0 Å². The van der Waals surface area contributed by atoms with Gasteiger partial charge >= 0.3 is 0 Å². The quantitative estimate of drug-likeness (QED) is 0.551. The molecule has 0 aliphatic heterocycles. The van der Waals surface area contributed by atoms with E-state index in [-0.39, 0.29) is 5.75 Å². The molecule has 0 unspecified atom stereocenters. The first kappa shape index (κ1) is 14.5. The molecule has 0 atom stereocenters. The third kappa shape index (κ3) is 2.74. The Labute approximate surface area is 141 Å². The predicted molar refractivity (Wildman–Crippen MR) is 96.8 cm³/mol. The van der Waals surface area contributed by atoms with Crippen LogP contribution in [0.4, 0.5) is 0 Å². The molecule has 1 heterocycles. The lowest BCUT2D eigenvalue weighted by molar-refractivity contribution is -0.676. The third-order valence-electron chi connectivity index (χ3n) is 4.27. The fourth-order valence-electron chi connectivity index (χ4n) is 3.11. The van der Waals surface area contributed by atoms with Crippen LogP contribution in [0.2, 0.25) is 0 Å². The lowest BCUT2D eigenvalue weighted by Crippen LogP contribution is -2.36. The maximum Gasteiger partial charge on any atom is 0.220 e. The Balaban J connectivity index is 1.92. The minimum absolute atomic E-state index is 0.286. The molecule has 4 rings (SSSR count). The number of rotatable bonds is 3. The molecule has 0 saturated heterocycles. The molecule has 2 heteroatoms. The van der Waals surface area contributed by atoms with E-state index in [4.69, 9.17) is 0 Å². The predicted octanol–water partition coefficient (Wildman–Crippen LogP) is 4.55. The van der Waals surface area contributed by atoms with Gasteiger partial charge in [0.2, 0.25) is 5.69 Å². The molecule has 0 fully saturated rings. The molecule has 0 spiro atoms. The number of pyridine rings is 1. The first-order valence-electron chi connectivity index (χ1n) is 8.06. The van der Waals surface area contributed by atoms with Crippen molar-refractivity contribution in [2.45, 2.75) is 6.54 Å². The van der Waals surface area contributed by atoms with Gasteiger partial charge in [-0.1, -0.05) is 48.5 Å². The zero-order valence-corrected chi connectivity index (χ0v) is 13.3. The molecule has 0 saturated carbocycles. The van der Waals surface area contributed by atoms with Crippen LogP contribution in [-0.2, 0) is 6.54 Å². The summed E-state index contributed by atoms with van der Waals surface area (Å²) in [5, 5.41) is 12.0. The topological polar surface area (TPSA) is 24.1 Å². The average molecular weight is 312 g/mol. The van der Waals surface area contributed by atoms with Crippen molar-refractivity contribution in [3.05, 3.63) is 96.7 Å². The summed E-state index contributed by atoms with van der Waals surface area (Å²) in [5.41, 5.74) is 3.52. The molecule has 0 radical (unpaired) electrons. The Morgan fingerprint density at radius 2 is 1.42 bits per heavy atom. The van der Waals surface area contributed by atoms with E-state index >= 15 is 0 Å². The van der Waals surface area contributed by atoms with Gasteiger partial charge in [0, 0.05) is 17.2 Å². The highest BCUT2D eigenvalue weighted by Gasteiger charge is 2.17. The second-order valence-electron chi connectivity index (χ2n) is 5.91. The van der Waals surface area contributed by atoms with E-state index in [1.54, 1.807) is 12.1 Å². The van der Waals surface area contributed by atoms with Crippen molar-refractivity contribution in [3.8, 4) is 17.0 Å². The molecule has 0 bridgehead atoms. The SMILES string of the molecule is Oc1ccc(-c2c3ccccc3cc[n+]2Cc2ccccc2)cc1. The molecule has 2 nitrogen and oxygen atoms in total. The normalized spacial score (nSPS) is 10.8. The van der Waals surface area contributed by atoms with E-state index in [0.717, 1.165) is 17.8 Å². The zero-order chi connectivity index (χ0) is 16.4. The molecular weight excluding hydrogens is 294 g/mol. The van der Waals surface area contributed by atoms with E-state index < -0.39 is 0 Å². The van der Waals surface area contributed by atoms with Gasteiger partial charge in [0.15, 0.2) is 12.7 Å². The Kier molecular flexibility index (Phi) is 3.72. The molecule has 1 N–H and O–H groups in total.